The van der Waals surface area contributed by atoms with Gasteiger partial charge in [-0.1, -0.05) is 42.1 Å². The van der Waals surface area contributed by atoms with Crippen LogP contribution in [-0.4, -0.2) is 36.3 Å². The topological polar surface area (TPSA) is 116 Å². The van der Waals surface area contributed by atoms with Crippen molar-refractivity contribution in [2.75, 3.05) is 11.1 Å². The van der Waals surface area contributed by atoms with E-state index >= 15 is 0 Å². The number of nitrogens with one attached hydrogen (secondary N) is 1. The Balaban J connectivity index is 1.63. The first kappa shape index (κ1) is 20.2. The van der Waals surface area contributed by atoms with Gasteiger partial charge >= 0.3 is 0 Å². The van der Waals surface area contributed by atoms with Crippen LogP contribution in [0.3, 0.4) is 0 Å². The van der Waals surface area contributed by atoms with Crippen LogP contribution in [0, 0.1) is 10.1 Å². The number of pyridine rings is 1. The lowest BCUT2D eigenvalue weighted by molar-refractivity contribution is -0.384. The molecule has 1 N–H and O–H groups in total. The zero-order valence-corrected chi connectivity index (χ0v) is 16.9. The maximum absolute atomic E-state index is 12.3. The summed E-state index contributed by atoms with van der Waals surface area (Å²) in [4.78, 5) is 27.0. The summed E-state index contributed by atoms with van der Waals surface area (Å²) in [5.74, 6) is 0.344. The van der Waals surface area contributed by atoms with Crippen LogP contribution >= 0.6 is 11.8 Å². The molecule has 1 amide bonds. The molecule has 4 rings (SSSR count). The number of non-ortho nitro benzene ring substituents is 1. The first-order valence-corrected chi connectivity index (χ1v) is 10.2. The highest BCUT2D eigenvalue weighted by Gasteiger charge is 2.19. The van der Waals surface area contributed by atoms with E-state index in [1.165, 1.54) is 23.9 Å². The van der Waals surface area contributed by atoms with Gasteiger partial charge in [0.15, 0.2) is 11.0 Å². The third-order valence-corrected chi connectivity index (χ3v) is 5.17. The fourth-order valence-corrected chi connectivity index (χ4v) is 3.63. The molecule has 0 fully saturated rings. The highest BCUT2D eigenvalue weighted by Crippen LogP contribution is 2.29. The van der Waals surface area contributed by atoms with E-state index in [9.17, 15) is 14.9 Å². The van der Waals surface area contributed by atoms with Crippen LogP contribution in [0.1, 0.15) is 0 Å². The molecule has 0 saturated heterocycles. The predicted octanol–water partition coefficient (Wildman–Crippen LogP) is 3.97. The van der Waals surface area contributed by atoms with Crippen molar-refractivity contribution in [3.63, 3.8) is 0 Å². The fourth-order valence-electron chi connectivity index (χ4n) is 2.88. The molecule has 0 aliphatic carbocycles. The lowest BCUT2D eigenvalue weighted by Gasteiger charge is -2.10. The number of nitro groups is 1. The Hall–Kier alpha value is -4.05. The maximum Gasteiger partial charge on any atom is 0.270 e. The lowest BCUT2D eigenvalue weighted by atomic mass is 10.2. The van der Waals surface area contributed by atoms with Gasteiger partial charge in [0.25, 0.3) is 5.69 Å². The Morgan fingerprint density at radius 3 is 2.65 bits per heavy atom. The number of anilines is 1. The van der Waals surface area contributed by atoms with Gasteiger partial charge in [0, 0.05) is 29.6 Å². The predicted molar refractivity (Wildman–Crippen MR) is 117 cm³/mol. The Kier molecular flexibility index (Phi) is 5.99. The molecular weight excluding hydrogens is 416 g/mol. The van der Waals surface area contributed by atoms with Gasteiger partial charge in [-0.15, -0.1) is 10.2 Å². The summed E-state index contributed by atoms with van der Waals surface area (Å²) in [6.07, 6.45) is 3.19. The number of hydrogen-bond acceptors (Lipinski definition) is 7. The van der Waals surface area contributed by atoms with Gasteiger partial charge in [-0.25, -0.2) is 0 Å². The summed E-state index contributed by atoms with van der Waals surface area (Å²) in [6, 6.07) is 19.1. The highest BCUT2D eigenvalue weighted by atomic mass is 32.2. The van der Waals surface area contributed by atoms with Crippen LogP contribution in [0.4, 0.5) is 11.4 Å². The van der Waals surface area contributed by atoms with Crippen LogP contribution < -0.4 is 5.32 Å². The number of amides is 1. The second-order valence-corrected chi connectivity index (χ2v) is 7.31. The van der Waals surface area contributed by atoms with Crippen molar-refractivity contribution in [3.8, 4) is 17.1 Å². The maximum atomic E-state index is 12.3. The van der Waals surface area contributed by atoms with E-state index in [-0.39, 0.29) is 17.3 Å². The first-order valence-electron chi connectivity index (χ1n) is 9.20. The second-order valence-electron chi connectivity index (χ2n) is 6.36. The number of hydrogen-bond donors (Lipinski definition) is 1. The minimum atomic E-state index is -0.453. The van der Waals surface area contributed by atoms with Gasteiger partial charge in [-0.3, -0.25) is 24.5 Å². The van der Waals surface area contributed by atoms with E-state index in [2.05, 4.69) is 20.5 Å². The standard InChI is InChI=1S/C21H16N6O3S/c28-19(23-16-7-5-11-22-13-16)14-31-21-25-24-20(26(21)17-8-2-1-3-9-17)15-6-4-10-18(12-15)27(29)30/h1-13H,14H2,(H,23,28). The number of rotatable bonds is 7. The molecule has 31 heavy (non-hydrogen) atoms. The second kappa shape index (κ2) is 9.18. The van der Waals surface area contributed by atoms with Crippen LogP contribution in [0.15, 0.2) is 84.3 Å². The molecule has 2 aromatic heterocycles. The van der Waals surface area contributed by atoms with Gasteiger partial charge in [0.05, 0.1) is 22.6 Å². The third kappa shape index (κ3) is 4.75. The van der Waals surface area contributed by atoms with E-state index < -0.39 is 4.92 Å². The first-order chi connectivity index (χ1) is 15.1. The minimum absolute atomic E-state index is 0.0369. The molecule has 0 aliphatic heterocycles. The Morgan fingerprint density at radius 2 is 1.90 bits per heavy atom. The quantitative estimate of drug-likeness (QED) is 0.267. The zero-order chi connectivity index (χ0) is 21.6. The molecule has 2 aromatic carbocycles. The van der Waals surface area contributed by atoms with E-state index in [0.717, 1.165) is 5.69 Å². The van der Waals surface area contributed by atoms with Crippen molar-refractivity contribution >= 4 is 29.0 Å². The molecule has 0 unspecified atom stereocenters. The normalized spacial score (nSPS) is 10.6. The summed E-state index contributed by atoms with van der Waals surface area (Å²) in [5, 5.41) is 22.9. The number of nitrogens with zero attached hydrogens (tertiary/aromatic N) is 5. The molecule has 0 bridgehead atoms. The summed E-state index contributed by atoms with van der Waals surface area (Å²) < 4.78 is 1.78. The van der Waals surface area contributed by atoms with Gasteiger partial charge in [-0.05, 0) is 24.3 Å². The molecule has 0 aliphatic rings. The third-order valence-electron chi connectivity index (χ3n) is 4.24. The van der Waals surface area contributed by atoms with Crippen molar-refractivity contribution in [1.29, 1.82) is 0 Å². The number of thioether (sulfide) groups is 1. The largest absolute Gasteiger partial charge is 0.324 e. The monoisotopic (exact) mass is 432 g/mol. The summed E-state index contributed by atoms with van der Waals surface area (Å²) >= 11 is 1.22. The van der Waals surface area contributed by atoms with Crippen molar-refractivity contribution in [2.24, 2.45) is 0 Å². The molecule has 2 heterocycles. The molecule has 4 aromatic rings. The molecular formula is C21H16N6O3S. The number of carbonyl (C=O) groups excluding carboxylic acids is 1. The van der Waals surface area contributed by atoms with E-state index in [1.807, 2.05) is 30.3 Å². The van der Waals surface area contributed by atoms with Crippen LogP contribution in [0.2, 0.25) is 0 Å². The molecule has 0 atom stereocenters. The van der Waals surface area contributed by atoms with Crippen LogP contribution in [0.5, 0.6) is 0 Å². The van der Waals surface area contributed by atoms with Gasteiger partial charge < -0.3 is 5.32 Å². The summed E-state index contributed by atoms with van der Waals surface area (Å²) in [7, 11) is 0. The number of nitro benzene ring substituents is 1. The molecule has 9 nitrogen and oxygen atoms in total. The molecule has 0 radical (unpaired) electrons. The van der Waals surface area contributed by atoms with Gasteiger partial charge in [0.1, 0.15) is 0 Å². The van der Waals surface area contributed by atoms with Crippen LogP contribution in [0.25, 0.3) is 17.1 Å². The van der Waals surface area contributed by atoms with E-state index in [0.29, 0.717) is 22.2 Å². The van der Waals surface area contributed by atoms with E-state index in [4.69, 9.17) is 0 Å². The Morgan fingerprint density at radius 1 is 1.06 bits per heavy atom. The van der Waals surface area contributed by atoms with Gasteiger partial charge in [-0.2, -0.15) is 0 Å². The molecule has 0 saturated carbocycles. The lowest BCUT2D eigenvalue weighted by Crippen LogP contribution is -2.14. The van der Waals surface area contributed by atoms with E-state index in [1.54, 1.807) is 41.2 Å². The van der Waals surface area contributed by atoms with Crippen molar-refractivity contribution in [1.82, 2.24) is 19.7 Å². The summed E-state index contributed by atoms with van der Waals surface area (Å²) in [6.45, 7) is 0. The number of para-hydroxylation sites is 1. The fraction of sp³-hybridized carbons (Fsp3) is 0.0476. The Bertz CT molecular complexity index is 1210. The molecule has 154 valence electrons. The van der Waals surface area contributed by atoms with Gasteiger partial charge in [0.2, 0.25) is 5.91 Å². The number of carbonyl (C=O) groups is 1. The average molecular weight is 432 g/mol. The zero-order valence-electron chi connectivity index (χ0n) is 16.1. The molecule has 0 spiro atoms. The SMILES string of the molecule is O=C(CSc1nnc(-c2cccc([N+](=O)[O-])c2)n1-c1ccccc1)Nc1cccnc1. The highest BCUT2D eigenvalue weighted by molar-refractivity contribution is 7.99. The van der Waals surface area contributed by atoms with Crippen LogP contribution in [-0.2, 0) is 4.79 Å². The molecule has 10 heteroatoms. The smallest absolute Gasteiger partial charge is 0.270 e. The Labute approximate surface area is 181 Å². The number of benzene rings is 2. The van der Waals surface area contributed by atoms with Crippen molar-refractivity contribution in [3.05, 3.63) is 89.2 Å². The summed E-state index contributed by atoms with van der Waals surface area (Å²) in [5.41, 5.74) is 1.90. The van der Waals surface area contributed by atoms with Crippen molar-refractivity contribution in [2.45, 2.75) is 5.16 Å². The number of aromatic nitrogens is 4. The minimum Gasteiger partial charge on any atom is -0.324 e. The average Bonchev–Trinajstić information content (AvgIpc) is 3.23. The van der Waals surface area contributed by atoms with Crippen molar-refractivity contribution < 1.29 is 9.72 Å².